The third kappa shape index (κ3) is 3.67. The molecule has 0 aromatic heterocycles. The van der Waals surface area contributed by atoms with Crippen LogP contribution < -0.4 is 5.73 Å². The molecule has 4 heteroatoms. The molecule has 4 nitrogen and oxygen atoms in total. The molecule has 1 rings (SSSR count). The van der Waals surface area contributed by atoms with E-state index >= 15 is 0 Å². The molecule has 0 aliphatic carbocycles. The third-order valence-electron chi connectivity index (χ3n) is 3.95. The summed E-state index contributed by atoms with van der Waals surface area (Å²) in [5.41, 5.74) is 6.19. The number of ether oxygens (including phenoxy) is 2. The lowest BCUT2D eigenvalue weighted by Crippen LogP contribution is -2.62. The minimum Gasteiger partial charge on any atom is -0.383 e. The Labute approximate surface area is 112 Å². The summed E-state index contributed by atoms with van der Waals surface area (Å²) < 4.78 is 11.1. The van der Waals surface area contributed by atoms with Crippen molar-refractivity contribution >= 4 is 0 Å². The van der Waals surface area contributed by atoms with Gasteiger partial charge < -0.3 is 15.2 Å². The molecule has 0 radical (unpaired) electrons. The number of hydrogen-bond acceptors (Lipinski definition) is 4. The normalized spacial score (nSPS) is 33.3. The fourth-order valence-electron chi connectivity index (χ4n) is 3.40. The quantitative estimate of drug-likeness (QED) is 0.786. The first-order valence-electron chi connectivity index (χ1n) is 7.06. The molecule has 2 atom stereocenters. The van der Waals surface area contributed by atoms with Gasteiger partial charge in [0.25, 0.3) is 0 Å². The number of nitrogens with zero attached hydrogens (tertiary/aromatic N) is 1. The Kier molecular flexibility index (Phi) is 6.05. The van der Waals surface area contributed by atoms with Gasteiger partial charge in [-0.15, -0.1) is 0 Å². The van der Waals surface area contributed by atoms with E-state index in [0.717, 1.165) is 26.0 Å². The van der Waals surface area contributed by atoms with Gasteiger partial charge in [0.05, 0.1) is 18.8 Å². The fraction of sp³-hybridized carbons (Fsp3) is 1.00. The van der Waals surface area contributed by atoms with Gasteiger partial charge in [-0.3, -0.25) is 4.90 Å². The summed E-state index contributed by atoms with van der Waals surface area (Å²) in [4.78, 5) is 2.51. The lowest BCUT2D eigenvalue weighted by molar-refractivity contribution is -0.113. The molecule has 2 unspecified atom stereocenters. The number of rotatable bonds is 6. The summed E-state index contributed by atoms with van der Waals surface area (Å²) in [6, 6.07) is 0.473. The van der Waals surface area contributed by atoms with Crippen molar-refractivity contribution in [2.24, 2.45) is 5.73 Å². The molecule has 0 amide bonds. The SMILES string of the molecule is COCCN(C(C)C)C1(CN)CC(C)OC(C)C1. The monoisotopic (exact) mass is 258 g/mol. The Morgan fingerprint density at radius 2 is 1.89 bits per heavy atom. The molecule has 2 N–H and O–H groups in total. The van der Waals surface area contributed by atoms with Crippen molar-refractivity contribution in [2.75, 3.05) is 26.8 Å². The lowest BCUT2D eigenvalue weighted by Gasteiger charge is -2.51. The van der Waals surface area contributed by atoms with Gasteiger partial charge in [-0.05, 0) is 40.5 Å². The van der Waals surface area contributed by atoms with E-state index < -0.39 is 0 Å². The van der Waals surface area contributed by atoms with Crippen LogP contribution in [0.3, 0.4) is 0 Å². The van der Waals surface area contributed by atoms with Gasteiger partial charge >= 0.3 is 0 Å². The summed E-state index contributed by atoms with van der Waals surface area (Å²) in [6.45, 7) is 11.1. The molecule has 0 aromatic carbocycles. The summed E-state index contributed by atoms with van der Waals surface area (Å²) in [6.07, 6.45) is 2.58. The largest absolute Gasteiger partial charge is 0.383 e. The van der Waals surface area contributed by atoms with Crippen LogP contribution in [0.25, 0.3) is 0 Å². The van der Waals surface area contributed by atoms with Crippen molar-refractivity contribution in [1.29, 1.82) is 0 Å². The van der Waals surface area contributed by atoms with Gasteiger partial charge in [0.15, 0.2) is 0 Å². The predicted molar refractivity (Wildman–Crippen MR) is 74.7 cm³/mol. The lowest BCUT2D eigenvalue weighted by atomic mass is 9.81. The van der Waals surface area contributed by atoms with Gasteiger partial charge in [0.1, 0.15) is 0 Å². The smallest absolute Gasteiger partial charge is 0.0590 e. The van der Waals surface area contributed by atoms with Crippen molar-refractivity contribution < 1.29 is 9.47 Å². The van der Waals surface area contributed by atoms with Gasteiger partial charge in [-0.25, -0.2) is 0 Å². The first-order chi connectivity index (χ1) is 8.45. The highest BCUT2D eigenvalue weighted by atomic mass is 16.5. The summed E-state index contributed by atoms with van der Waals surface area (Å²) in [5.74, 6) is 0. The molecule has 1 saturated heterocycles. The molecule has 1 aliphatic rings. The first kappa shape index (κ1) is 15.9. The van der Waals surface area contributed by atoms with Crippen LogP contribution in [0, 0.1) is 0 Å². The van der Waals surface area contributed by atoms with E-state index in [1.54, 1.807) is 7.11 Å². The van der Waals surface area contributed by atoms with Crippen LogP contribution in [0.15, 0.2) is 0 Å². The van der Waals surface area contributed by atoms with Crippen LogP contribution in [0.2, 0.25) is 0 Å². The summed E-state index contributed by atoms with van der Waals surface area (Å²) in [7, 11) is 1.75. The first-order valence-corrected chi connectivity index (χ1v) is 7.06. The van der Waals surface area contributed by atoms with E-state index in [4.69, 9.17) is 15.2 Å². The average molecular weight is 258 g/mol. The topological polar surface area (TPSA) is 47.7 Å². The van der Waals surface area contributed by atoms with Crippen molar-refractivity contribution in [3.8, 4) is 0 Å². The van der Waals surface area contributed by atoms with Crippen LogP contribution in [0.1, 0.15) is 40.5 Å². The van der Waals surface area contributed by atoms with E-state index in [0.29, 0.717) is 12.6 Å². The molecule has 0 aromatic rings. The molecule has 1 fully saturated rings. The molecular formula is C14H30N2O2. The maximum absolute atomic E-state index is 6.14. The number of hydrogen-bond donors (Lipinski definition) is 1. The predicted octanol–water partition coefficient (Wildman–Crippen LogP) is 1.63. The minimum atomic E-state index is 0.0593. The van der Waals surface area contributed by atoms with E-state index in [-0.39, 0.29) is 17.7 Å². The third-order valence-corrected chi connectivity index (χ3v) is 3.95. The van der Waals surface area contributed by atoms with Crippen LogP contribution in [-0.4, -0.2) is 55.5 Å². The van der Waals surface area contributed by atoms with Crippen LogP contribution in [-0.2, 0) is 9.47 Å². The van der Waals surface area contributed by atoms with Gasteiger partial charge in [-0.1, -0.05) is 0 Å². The second-order valence-electron chi connectivity index (χ2n) is 5.87. The zero-order valence-electron chi connectivity index (χ0n) is 12.6. The zero-order chi connectivity index (χ0) is 13.8. The highest BCUT2D eigenvalue weighted by molar-refractivity contribution is 4.98. The molecule has 0 saturated carbocycles. The summed E-state index contributed by atoms with van der Waals surface area (Å²) >= 11 is 0. The molecule has 18 heavy (non-hydrogen) atoms. The highest BCUT2D eigenvalue weighted by Gasteiger charge is 2.42. The van der Waals surface area contributed by atoms with E-state index in [1.807, 2.05) is 0 Å². The van der Waals surface area contributed by atoms with Crippen LogP contribution >= 0.6 is 0 Å². The second-order valence-corrected chi connectivity index (χ2v) is 5.87. The Morgan fingerprint density at radius 1 is 1.33 bits per heavy atom. The Hall–Kier alpha value is -0.160. The van der Waals surface area contributed by atoms with Crippen molar-refractivity contribution in [2.45, 2.75) is 64.3 Å². The van der Waals surface area contributed by atoms with Gasteiger partial charge in [0, 0.05) is 31.8 Å². The van der Waals surface area contributed by atoms with Crippen molar-refractivity contribution in [3.05, 3.63) is 0 Å². The standard InChI is InChI=1S/C14H30N2O2/c1-11(2)16(6-7-17-5)14(10-15)8-12(3)18-13(4)9-14/h11-13H,6-10,15H2,1-5H3. The number of methoxy groups -OCH3 is 1. The minimum absolute atomic E-state index is 0.0593. The Bertz CT molecular complexity index is 236. The molecule has 0 spiro atoms. The summed E-state index contributed by atoms with van der Waals surface area (Å²) in [5, 5.41) is 0. The maximum atomic E-state index is 6.14. The molecule has 1 aliphatic heterocycles. The molecular weight excluding hydrogens is 228 g/mol. The van der Waals surface area contributed by atoms with Crippen molar-refractivity contribution in [3.63, 3.8) is 0 Å². The Balaban J connectivity index is 2.87. The maximum Gasteiger partial charge on any atom is 0.0590 e. The van der Waals surface area contributed by atoms with Crippen LogP contribution in [0.4, 0.5) is 0 Å². The molecule has 1 heterocycles. The highest BCUT2D eigenvalue weighted by Crippen LogP contribution is 2.34. The van der Waals surface area contributed by atoms with E-state index in [9.17, 15) is 0 Å². The molecule has 0 bridgehead atoms. The zero-order valence-corrected chi connectivity index (χ0v) is 12.6. The molecule has 108 valence electrons. The van der Waals surface area contributed by atoms with Gasteiger partial charge in [0.2, 0.25) is 0 Å². The van der Waals surface area contributed by atoms with Gasteiger partial charge in [-0.2, -0.15) is 0 Å². The Morgan fingerprint density at radius 3 is 2.28 bits per heavy atom. The number of nitrogens with two attached hydrogens (primary N) is 1. The van der Waals surface area contributed by atoms with Crippen molar-refractivity contribution in [1.82, 2.24) is 4.90 Å². The van der Waals surface area contributed by atoms with Crippen LogP contribution in [0.5, 0.6) is 0 Å². The fourth-order valence-corrected chi connectivity index (χ4v) is 3.40. The van der Waals surface area contributed by atoms with E-state index in [2.05, 4.69) is 32.6 Å². The average Bonchev–Trinajstić information content (AvgIpc) is 2.27. The van der Waals surface area contributed by atoms with E-state index in [1.165, 1.54) is 0 Å². The second kappa shape index (κ2) is 6.85.